The van der Waals surface area contributed by atoms with Gasteiger partial charge in [-0.3, -0.25) is 0 Å². The van der Waals surface area contributed by atoms with E-state index in [2.05, 4.69) is 16.1 Å². The third-order valence-electron chi connectivity index (χ3n) is 3.62. The van der Waals surface area contributed by atoms with Gasteiger partial charge in [0.2, 0.25) is 10.0 Å². The molecule has 2 N–H and O–H groups in total. The van der Waals surface area contributed by atoms with Crippen molar-refractivity contribution < 1.29 is 8.42 Å². The summed E-state index contributed by atoms with van der Waals surface area (Å²) in [7, 11) is -3.36. The second-order valence-corrected chi connectivity index (χ2v) is 7.12. The maximum absolute atomic E-state index is 12.0. The molecule has 0 atom stereocenters. The molecule has 2 rings (SSSR count). The minimum atomic E-state index is -3.36. The molecule has 0 saturated carbocycles. The van der Waals surface area contributed by atoms with Gasteiger partial charge in [0, 0.05) is 18.8 Å². The molecule has 0 amide bonds. The highest BCUT2D eigenvalue weighted by molar-refractivity contribution is 7.89. The molecule has 0 spiro atoms. The van der Waals surface area contributed by atoms with E-state index in [-0.39, 0.29) is 0 Å². The van der Waals surface area contributed by atoms with Gasteiger partial charge in [0.25, 0.3) is 0 Å². The van der Waals surface area contributed by atoms with E-state index in [0.29, 0.717) is 11.4 Å². The SMILES string of the molecule is CCCNS(=O)(=O)c1ccc(NCCC2=CCCC2)cc1. The van der Waals surface area contributed by atoms with E-state index in [1.165, 1.54) is 24.8 Å². The number of benzene rings is 1. The predicted octanol–water partition coefficient (Wildman–Crippen LogP) is 3.29. The van der Waals surface area contributed by atoms with Gasteiger partial charge in [-0.1, -0.05) is 18.6 Å². The van der Waals surface area contributed by atoms with Gasteiger partial charge in [-0.15, -0.1) is 0 Å². The molecular weight excluding hydrogens is 284 g/mol. The Morgan fingerprint density at radius 3 is 2.52 bits per heavy atom. The maximum Gasteiger partial charge on any atom is 0.240 e. The molecule has 0 bridgehead atoms. The van der Waals surface area contributed by atoms with Crippen molar-refractivity contribution in [3.05, 3.63) is 35.9 Å². The quantitative estimate of drug-likeness (QED) is 0.725. The number of allylic oxidation sites excluding steroid dienone is 1. The van der Waals surface area contributed by atoms with Crippen molar-refractivity contribution in [2.45, 2.75) is 43.9 Å². The second kappa shape index (κ2) is 7.61. The summed E-state index contributed by atoms with van der Waals surface area (Å²) in [6.07, 6.45) is 7.91. The highest BCUT2D eigenvalue weighted by Gasteiger charge is 2.12. The molecule has 0 saturated heterocycles. The van der Waals surface area contributed by atoms with Crippen molar-refractivity contribution in [3.63, 3.8) is 0 Å². The summed E-state index contributed by atoms with van der Waals surface area (Å²) >= 11 is 0. The molecule has 0 radical (unpaired) electrons. The van der Waals surface area contributed by atoms with Gasteiger partial charge < -0.3 is 5.32 Å². The highest BCUT2D eigenvalue weighted by Crippen LogP contribution is 2.21. The summed E-state index contributed by atoms with van der Waals surface area (Å²) in [5, 5.41) is 3.34. The summed E-state index contributed by atoms with van der Waals surface area (Å²) in [4.78, 5) is 0.319. The van der Waals surface area contributed by atoms with E-state index in [1.807, 2.05) is 19.1 Å². The van der Waals surface area contributed by atoms with E-state index in [4.69, 9.17) is 0 Å². The van der Waals surface area contributed by atoms with E-state index in [1.54, 1.807) is 12.1 Å². The summed E-state index contributed by atoms with van der Waals surface area (Å²) in [5.41, 5.74) is 2.49. The molecule has 1 aromatic carbocycles. The molecule has 21 heavy (non-hydrogen) atoms. The lowest BCUT2D eigenvalue weighted by molar-refractivity contribution is 0.581. The number of anilines is 1. The summed E-state index contributed by atoms with van der Waals surface area (Å²) in [6.45, 7) is 3.30. The zero-order valence-corrected chi connectivity index (χ0v) is 13.4. The first kappa shape index (κ1) is 16.0. The Bertz CT molecular complexity index is 577. The van der Waals surface area contributed by atoms with Crippen LogP contribution in [0.15, 0.2) is 40.8 Å². The molecule has 4 nitrogen and oxygen atoms in total. The van der Waals surface area contributed by atoms with Crippen LogP contribution in [0.1, 0.15) is 39.0 Å². The summed E-state index contributed by atoms with van der Waals surface area (Å²) in [6, 6.07) is 6.94. The van der Waals surface area contributed by atoms with Crippen LogP contribution in [0.4, 0.5) is 5.69 Å². The highest BCUT2D eigenvalue weighted by atomic mass is 32.2. The monoisotopic (exact) mass is 308 g/mol. The number of sulfonamides is 1. The van der Waals surface area contributed by atoms with Crippen molar-refractivity contribution in [1.29, 1.82) is 0 Å². The molecule has 0 unspecified atom stereocenters. The fraction of sp³-hybridized carbons (Fsp3) is 0.500. The van der Waals surface area contributed by atoms with Crippen LogP contribution in [0.2, 0.25) is 0 Å². The molecule has 5 heteroatoms. The minimum absolute atomic E-state index is 0.319. The summed E-state index contributed by atoms with van der Waals surface area (Å²) in [5.74, 6) is 0. The van der Waals surface area contributed by atoms with Crippen LogP contribution in [0.25, 0.3) is 0 Å². The first-order chi connectivity index (χ1) is 10.1. The molecule has 0 aromatic heterocycles. The molecule has 0 fully saturated rings. The van der Waals surface area contributed by atoms with Crippen molar-refractivity contribution in [3.8, 4) is 0 Å². The topological polar surface area (TPSA) is 58.2 Å². The van der Waals surface area contributed by atoms with Crippen molar-refractivity contribution in [2.75, 3.05) is 18.4 Å². The van der Waals surface area contributed by atoms with E-state index >= 15 is 0 Å². The van der Waals surface area contributed by atoms with E-state index in [9.17, 15) is 8.42 Å². The van der Waals surface area contributed by atoms with Gasteiger partial charge in [0.05, 0.1) is 4.90 Å². The first-order valence-electron chi connectivity index (χ1n) is 7.63. The maximum atomic E-state index is 12.0. The molecule has 0 aliphatic heterocycles. The van der Waals surface area contributed by atoms with Crippen molar-refractivity contribution in [2.24, 2.45) is 0 Å². The van der Waals surface area contributed by atoms with Crippen LogP contribution in [0.5, 0.6) is 0 Å². The predicted molar refractivity (Wildman–Crippen MR) is 87.0 cm³/mol. The smallest absolute Gasteiger partial charge is 0.240 e. The van der Waals surface area contributed by atoms with Gasteiger partial charge >= 0.3 is 0 Å². The lowest BCUT2D eigenvalue weighted by Crippen LogP contribution is -2.24. The Morgan fingerprint density at radius 1 is 1.14 bits per heavy atom. The van der Waals surface area contributed by atoms with Crippen LogP contribution in [-0.4, -0.2) is 21.5 Å². The number of hydrogen-bond donors (Lipinski definition) is 2. The standard InChI is InChI=1S/C16H24N2O2S/c1-2-12-18-21(19,20)16-9-7-15(8-10-16)17-13-11-14-5-3-4-6-14/h5,7-10,17-18H,2-4,6,11-13H2,1H3. The fourth-order valence-electron chi connectivity index (χ4n) is 2.40. The fourth-order valence-corrected chi connectivity index (χ4v) is 3.54. The zero-order valence-electron chi connectivity index (χ0n) is 12.6. The lowest BCUT2D eigenvalue weighted by atomic mass is 10.1. The Hall–Kier alpha value is -1.33. The number of hydrogen-bond acceptors (Lipinski definition) is 3. The molecule has 116 valence electrons. The summed E-state index contributed by atoms with van der Waals surface area (Å²) < 4.78 is 26.5. The van der Waals surface area contributed by atoms with Crippen molar-refractivity contribution >= 4 is 15.7 Å². The molecule has 0 heterocycles. The second-order valence-electron chi connectivity index (χ2n) is 5.35. The normalized spacial score (nSPS) is 15.0. The zero-order chi connectivity index (χ0) is 15.1. The van der Waals surface area contributed by atoms with Crippen LogP contribution >= 0.6 is 0 Å². The number of rotatable bonds is 8. The third kappa shape index (κ3) is 4.86. The Kier molecular flexibility index (Phi) is 5.82. The van der Waals surface area contributed by atoms with Crippen LogP contribution in [0, 0.1) is 0 Å². The van der Waals surface area contributed by atoms with Gasteiger partial charge in [0.15, 0.2) is 0 Å². The molecule has 1 aromatic rings. The average Bonchev–Trinajstić information content (AvgIpc) is 2.99. The molecule has 1 aliphatic rings. The lowest BCUT2D eigenvalue weighted by Gasteiger charge is -2.09. The Labute approximate surface area is 127 Å². The van der Waals surface area contributed by atoms with Crippen molar-refractivity contribution in [1.82, 2.24) is 4.72 Å². The van der Waals surface area contributed by atoms with Gasteiger partial charge in [-0.2, -0.15) is 0 Å². The first-order valence-corrected chi connectivity index (χ1v) is 9.11. The van der Waals surface area contributed by atoms with E-state index < -0.39 is 10.0 Å². The largest absolute Gasteiger partial charge is 0.385 e. The van der Waals surface area contributed by atoms with Crippen LogP contribution in [0.3, 0.4) is 0 Å². The average molecular weight is 308 g/mol. The molecule has 1 aliphatic carbocycles. The number of nitrogens with one attached hydrogen (secondary N) is 2. The van der Waals surface area contributed by atoms with Crippen LogP contribution in [-0.2, 0) is 10.0 Å². The van der Waals surface area contributed by atoms with E-state index in [0.717, 1.165) is 25.1 Å². The van der Waals surface area contributed by atoms with Gasteiger partial charge in [-0.25, -0.2) is 13.1 Å². The molecular formula is C16H24N2O2S. The van der Waals surface area contributed by atoms with Gasteiger partial charge in [-0.05, 0) is 56.4 Å². The van der Waals surface area contributed by atoms with Gasteiger partial charge in [0.1, 0.15) is 0 Å². The Morgan fingerprint density at radius 2 is 1.90 bits per heavy atom. The minimum Gasteiger partial charge on any atom is -0.385 e. The Balaban J connectivity index is 1.86. The van der Waals surface area contributed by atoms with Crippen LogP contribution < -0.4 is 10.0 Å². The third-order valence-corrected chi connectivity index (χ3v) is 5.09.